The molecule has 138 valence electrons. The molecule has 1 heterocycles. The minimum atomic E-state index is -3.56. The highest BCUT2D eigenvalue weighted by molar-refractivity contribution is 7.90. The fraction of sp³-hybridized carbons (Fsp3) is 0.333. The second kappa shape index (κ2) is 6.85. The number of amides is 2. The molecule has 1 aromatic heterocycles. The molecule has 0 aliphatic heterocycles. The molecule has 2 aromatic rings. The fourth-order valence-corrected chi connectivity index (χ4v) is 5.54. The lowest BCUT2D eigenvalue weighted by Gasteiger charge is -2.18. The zero-order valence-electron chi connectivity index (χ0n) is 14.5. The third kappa shape index (κ3) is 3.52. The van der Waals surface area contributed by atoms with Crippen LogP contribution in [0.15, 0.2) is 29.2 Å². The highest BCUT2D eigenvalue weighted by Crippen LogP contribution is 2.39. The van der Waals surface area contributed by atoms with Crippen molar-refractivity contribution in [3.8, 4) is 0 Å². The zero-order chi connectivity index (χ0) is 19.1. The number of carbonyl (C=O) groups excluding carboxylic acids is 2. The third-order valence-corrected chi connectivity index (χ3v) is 6.84. The largest absolute Gasteiger partial charge is 0.365 e. The van der Waals surface area contributed by atoms with Crippen LogP contribution in [-0.2, 0) is 22.7 Å². The monoisotopic (exact) mass is 392 g/mol. The molecule has 1 aliphatic rings. The second-order valence-electron chi connectivity index (χ2n) is 6.64. The summed E-state index contributed by atoms with van der Waals surface area (Å²) in [5.41, 5.74) is 6.86. The average Bonchev–Trinajstić information content (AvgIpc) is 2.90. The second-order valence-corrected chi connectivity index (χ2v) is 9.73. The van der Waals surface area contributed by atoms with Gasteiger partial charge >= 0.3 is 0 Å². The Bertz CT molecular complexity index is 993. The van der Waals surface area contributed by atoms with Crippen LogP contribution < -0.4 is 11.1 Å². The molecule has 2 amide bonds. The molecule has 0 fully saturated rings. The van der Waals surface area contributed by atoms with Gasteiger partial charge in [-0.3, -0.25) is 9.59 Å². The van der Waals surface area contributed by atoms with E-state index in [0.717, 1.165) is 36.0 Å². The topological polar surface area (TPSA) is 106 Å². The molecule has 1 unspecified atom stereocenters. The van der Waals surface area contributed by atoms with E-state index >= 15 is 0 Å². The summed E-state index contributed by atoms with van der Waals surface area (Å²) in [6.07, 6.45) is 3.62. The van der Waals surface area contributed by atoms with E-state index in [2.05, 4.69) is 12.2 Å². The molecular formula is C18H20N2O4S2. The smallest absolute Gasteiger partial charge is 0.257 e. The quantitative estimate of drug-likeness (QED) is 0.834. The average molecular weight is 393 g/mol. The van der Waals surface area contributed by atoms with Gasteiger partial charge in [-0.25, -0.2) is 8.42 Å². The molecule has 3 rings (SSSR count). The maximum absolute atomic E-state index is 12.7. The van der Waals surface area contributed by atoms with E-state index in [0.29, 0.717) is 16.5 Å². The summed E-state index contributed by atoms with van der Waals surface area (Å²) >= 11 is 1.35. The Morgan fingerprint density at radius 2 is 1.96 bits per heavy atom. The number of primary amides is 1. The van der Waals surface area contributed by atoms with Crippen LogP contribution >= 0.6 is 11.3 Å². The van der Waals surface area contributed by atoms with Gasteiger partial charge in [0.1, 0.15) is 5.00 Å². The number of fused-ring (bicyclic) bond motifs is 1. The summed E-state index contributed by atoms with van der Waals surface area (Å²) in [6, 6.07) is 6.00. The number of thiophene rings is 1. The first-order valence-electron chi connectivity index (χ1n) is 8.23. The standard InChI is InChI=1S/C18H20N2O4S2/c1-10-7-8-11-13(9-10)25-18(15(11)16(19)21)20-17(22)12-5-3-4-6-14(12)26(2,23)24/h3-6,10H,7-9H2,1-2H3,(H2,19,21)(H,20,22). The Morgan fingerprint density at radius 3 is 2.62 bits per heavy atom. The summed E-state index contributed by atoms with van der Waals surface area (Å²) in [5.74, 6) is -0.639. The minimum Gasteiger partial charge on any atom is -0.365 e. The molecule has 0 spiro atoms. The van der Waals surface area contributed by atoms with Gasteiger partial charge in [0.15, 0.2) is 9.84 Å². The summed E-state index contributed by atoms with van der Waals surface area (Å²) in [6.45, 7) is 2.15. The van der Waals surface area contributed by atoms with Gasteiger partial charge in [0.05, 0.1) is 16.0 Å². The lowest BCUT2D eigenvalue weighted by atomic mass is 9.88. The summed E-state index contributed by atoms with van der Waals surface area (Å²) < 4.78 is 23.9. The zero-order valence-corrected chi connectivity index (χ0v) is 16.2. The predicted octanol–water partition coefficient (Wildman–Crippen LogP) is 2.63. The van der Waals surface area contributed by atoms with E-state index < -0.39 is 21.7 Å². The van der Waals surface area contributed by atoms with Crippen LogP contribution in [0, 0.1) is 5.92 Å². The highest BCUT2D eigenvalue weighted by Gasteiger charge is 2.28. The van der Waals surface area contributed by atoms with Gasteiger partial charge in [0.2, 0.25) is 0 Å². The van der Waals surface area contributed by atoms with Crippen molar-refractivity contribution in [3.05, 3.63) is 45.8 Å². The van der Waals surface area contributed by atoms with E-state index in [-0.39, 0.29) is 10.5 Å². The molecule has 1 aliphatic carbocycles. The fourth-order valence-electron chi connectivity index (χ4n) is 3.25. The molecule has 26 heavy (non-hydrogen) atoms. The Hall–Kier alpha value is -2.19. The van der Waals surface area contributed by atoms with Crippen LogP contribution in [0.1, 0.15) is 44.5 Å². The first kappa shape index (κ1) is 18.6. The Labute approximate surface area is 156 Å². The molecule has 0 saturated heterocycles. The number of sulfone groups is 1. The van der Waals surface area contributed by atoms with Crippen molar-refractivity contribution >= 4 is 38.0 Å². The SMILES string of the molecule is CC1CCc2c(sc(NC(=O)c3ccccc3S(C)(=O)=O)c2C(N)=O)C1. The molecule has 0 radical (unpaired) electrons. The first-order chi connectivity index (χ1) is 12.2. The van der Waals surface area contributed by atoms with E-state index in [1.165, 1.54) is 23.5 Å². The van der Waals surface area contributed by atoms with E-state index in [1.807, 2.05) is 0 Å². The Morgan fingerprint density at radius 1 is 1.27 bits per heavy atom. The summed E-state index contributed by atoms with van der Waals surface area (Å²) in [7, 11) is -3.56. The van der Waals surface area contributed by atoms with Crippen LogP contribution in [0.5, 0.6) is 0 Å². The minimum absolute atomic E-state index is 0.0464. The third-order valence-electron chi connectivity index (χ3n) is 4.52. The molecule has 1 atom stereocenters. The van der Waals surface area contributed by atoms with Crippen molar-refractivity contribution < 1.29 is 18.0 Å². The number of hydrogen-bond acceptors (Lipinski definition) is 5. The molecular weight excluding hydrogens is 372 g/mol. The van der Waals surface area contributed by atoms with Crippen molar-refractivity contribution in [2.75, 3.05) is 11.6 Å². The number of hydrogen-bond donors (Lipinski definition) is 2. The van der Waals surface area contributed by atoms with Crippen molar-refractivity contribution in [1.82, 2.24) is 0 Å². The normalized spacial score (nSPS) is 16.8. The van der Waals surface area contributed by atoms with Gasteiger partial charge in [-0.05, 0) is 42.9 Å². The van der Waals surface area contributed by atoms with Crippen LogP contribution in [0.4, 0.5) is 5.00 Å². The number of nitrogens with one attached hydrogen (secondary N) is 1. The number of nitrogens with two attached hydrogens (primary N) is 1. The van der Waals surface area contributed by atoms with E-state index in [1.54, 1.807) is 12.1 Å². The van der Waals surface area contributed by atoms with Crippen molar-refractivity contribution in [3.63, 3.8) is 0 Å². The molecule has 0 bridgehead atoms. The molecule has 3 N–H and O–H groups in total. The van der Waals surface area contributed by atoms with E-state index in [9.17, 15) is 18.0 Å². The first-order valence-corrected chi connectivity index (χ1v) is 10.9. The molecule has 1 aromatic carbocycles. The van der Waals surface area contributed by atoms with Gasteiger partial charge in [0, 0.05) is 11.1 Å². The van der Waals surface area contributed by atoms with Crippen LogP contribution in [0.25, 0.3) is 0 Å². The lowest BCUT2D eigenvalue weighted by Crippen LogP contribution is -2.20. The van der Waals surface area contributed by atoms with E-state index in [4.69, 9.17) is 5.73 Å². The summed E-state index contributed by atoms with van der Waals surface area (Å²) in [4.78, 5) is 25.7. The highest BCUT2D eigenvalue weighted by atomic mass is 32.2. The summed E-state index contributed by atoms with van der Waals surface area (Å²) in [5, 5.41) is 3.10. The van der Waals surface area contributed by atoms with Gasteiger partial charge in [0.25, 0.3) is 11.8 Å². The number of anilines is 1. The van der Waals surface area contributed by atoms with Crippen molar-refractivity contribution in [1.29, 1.82) is 0 Å². The van der Waals surface area contributed by atoms with Crippen molar-refractivity contribution in [2.24, 2.45) is 11.7 Å². The Balaban J connectivity index is 2.00. The van der Waals surface area contributed by atoms with Gasteiger partial charge < -0.3 is 11.1 Å². The van der Waals surface area contributed by atoms with Crippen LogP contribution in [-0.4, -0.2) is 26.5 Å². The van der Waals surface area contributed by atoms with Gasteiger partial charge in [-0.2, -0.15) is 0 Å². The number of carbonyl (C=O) groups is 2. The maximum Gasteiger partial charge on any atom is 0.257 e. The predicted molar refractivity (Wildman–Crippen MR) is 102 cm³/mol. The molecule has 8 heteroatoms. The Kier molecular flexibility index (Phi) is 4.90. The van der Waals surface area contributed by atoms with Gasteiger partial charge in [-0.1, -0.05) is 19.1 Å². The van der Waals surface area contributed by atoms with Crippen molar-refractivity contribution in [2.45, 2.75) is 31.1 Å². The van der Waals surface area contributed by atoms with Crippen LogP contribution in [0.2, 0.25) is 0 Å². The lowest BCUT2D eigenvalue weighted by molar-refractivity contribution is 0.1000. The number of benzene rings is 1. The number of rotatable bonds is 4. The maximum atomic E-state index is 12.7. The molecule has 6 nitrogen and oxygen atoms in total. The van der Waals surface area contributed by atoms with Gasteiger partial charge in [-0.15, -0.1) is 11.3 Å². The van der Waals surface area contributed by atoms with Crippen LogP contribution in [0.3, 0.4) is 0 Å². The molecule has 0 saturated carbocycles.